The van der Waals surface area contributed by atoms with Gasteiger partial charge in [0.2, 0.25) is 0 Å². The van der Waals surface area contributed by atoms with Crippen molar-refractivity contribution in [3.63, 3.8) is 0 Å². The Hall–Kier alpha value is -0.650. The maximum Gasteiger partial charge on any atom is 0.304 e. The maximum absolute atomic E-state index is 10.6. The lowest BCUT2D eigenvalue weighted by Crippen LogP contribution is -2.26. The van der Waals surface area contributed by atoms with E-state index in [1.165, 1.54) is 90.4 Å². The highest BCUT2D eigenvalue weighted by molar-refractivity contribution is 5.65. The molecule has 27 heavy (non-hydrogen) atoms. The van der Waals surface area contributed by atoms with Crippen LogP contribution < -0.4 is 0 Å². The minimum absolute atomic E-state index is 0.136. The molecule has 0 saturated carbocycles. The van der Waals surface area contributed by atoms with Crippen molar-refractivity contribution in [1.29, 1.82) is 0 Å². The first-order chi connectivity index (χ1) is 13.2. The summed E-state index contributed by atoms with van der Waals surface area (Å²) >= 11 is 0. The zero-order valence-electron chi connectivity index (χ0n) is 17.9. The second kappa shape index (κ2) is 21.6. The molecule has 0 radical (unpaired) electrons. The number of hydrogen-bond donors (Lipinski definition) is 1. The van der Waals surface area contributed by atoms with E-state index in [0.717, 1.165) is 6.42 Å². The SMILES string of the molecule is CCCCCCCCCCCCCCCCOCC(CO)OCOC(C)=O. The Morgan fingerprint density at radius 3 is 1.74 bits per heavy atom. The first-order valence-electron chi connectivity index (χ1n) is 11.1. The van der Waals surface area contributed by atoms with Crippen molar-refractivity contribution in [2.24, 2.45) is 0 Å². The van der Waals surface area contributed by atoms with Crippen molar-refractivity contribution in [2.75, 3.05) is 26.6 Å². The first kappa shape index (κ1) is 26.4. The highest BCUT2D eigenvalue weighted by Gasteiger charge is 2.08. The molecule has 0 rings (SSSR count). The Balaban J connectivity index is 3.20. The minimum Gasteiger partial charge on any atom is -0.439 e. The molecular weight excluding hydrogens is 344 g/mol. The van der Waals surface area contributed by atoms with Crippen LogP contribution in [0.2, 0.25) is 0 Å². The van der Waals surface area contributed by atoms with Crippen LogP contribution in [0.1, 0.15) is 104 Å². The normalized spacial score (nSPS) is 12.3. The van der Waals surface area contributed by atoms with E-state index in [-0.39, 0.29) is 13.4 Å². The third-order valence-electron chi connectivity index (χ3n) is 4.72. The number of rotatable bonds is 21. The molecule has 1 N–H and O–H groups in total. The zero-order valence-corrected chi connectivity index (χ0v) is 17.9. The fourth-order valence-corrected chi connectivity index (χ4v) is 2.98. The van der Waals surface area contributed by atoms with Crippen molar-refractivity contribution in [3.05, 3.63) is 0 Å². The zero-order chi connectivity index (χ0) is 20.0. The van der Waals surface area contributed by atoms with E-state index in [4.69, 9.17) is 9.47 Å². The minimum atomic E-state index is -0.434. The van der Waals surface area contributed by atoms with Crippen molar-refractivity contribution in [3.8, 4) is 0 Å². The summed E-state index contributed by atoms with van der Waals surface area (Å²) in [5.74, 6) is -0.394. The average Bonchev–Trinajstić information content (AvgIpc) is 2.66. The molecule has 0 aromatic carbocycles. The van der Waals surface area contributed by atoms with Crippen molar-refractivity contribution >= 4 is 5.97 Å². The summed E-state index contributed by atoms with van der Waals surface area (Å²) in [6.07, 6.45) is 18.3. The molecule has 0 spiro atoms. The van der Waals surface area contributed by atoms with Gasteiger partial charge in [-0.25, -0.2) is 0 Å². The maximum atomic E-state index is 10.6. The first-order valence-corrected chi connectivity index (χ1v) is 11.1. The second-order valence-corrected chi connectivity index (χ2v) is 7.40. The van der Waals surface area contributed by atoms with Crippen molar-refractivity contribution < 1.29 is 24.1 Å². The summed E-state index contributed by atoms with van der Waals surface area (Å²) in [6.45, 7) is 4.33. The number of carbonyl (C=O) groups is 1. The Bertz CT molecular complexity index is 309. The van der Waals surface area contributed by atoms with E-state index in [0.29, 0.717) is 13.2 Å². The molecule has 0 aromatic heterocycles. The Labute approximate surface area is 167 Å². The monoisotopic (exact) mass is 388 g/mol. The summed E-state index contributed by atoms with van der Waals surface area (Å²) in [6, 6.07) is 0. The van der Waals surface area contributed by atoms with Gasteiger partial charge in [-0.1, -0.05) is 90.4 Å². The number of ether oxygens (including phenoxy) is 3. The van der Waals surface area contributed by atoms with Gasteiger partial charge in [-0.3, -0.25) is 4.79 Å². The summed E-state index contributed by atoms with van der Waals surface area (Å²) in [4.78, 5) is 10.6. The molecule has 0 aliphatic heterocycles. The second-order valence-electron chi connectivity index (χ2n) is 7.40. The van der Waals surface area contributed by atoms with E-state index < -0.39 is 12.1 Å². The van der Waals surface area contributed by atoms with Gasteiger partial charge in [0.25, 0.3) is 0 Å². The molecule has 5 heteroatoms. The molecule has 0 saturated heterocycles. The molecule has 1 unspecified atom stereocenters. The van der Waals surface area contributed by atoms with E-state index in [1.54, 1.807) is 0 Å². The largest absolute Gasteiger partial charge is 0.439 e. The number of hydrogen-bond acceptors (Lipinski definition) is 5. The molecule has 0 bridgehead atoms. The number of esters is 1. The van der Waals surface area contributed by atoms with Gasteiger partial charge in [-0.05, 0) is 6.42 Å². The number of unbranched alkanes of at least 4 members (excludes halogenated alkanes) is 13. The van der Waals surface area contributed by atoms with Crippen molar-refractivity contribution in [2.45, 2.75) is 110 Å². The van der Waals surface area contributed by atoms with Crippen LogP contribution in [0.4, 0.5) is 0 Å². The van der Waals surface area contributed by atoms with Crippen LogP contribution in [0.25, 0.3) is 0 Å². The quantitative estimate of drug-likeness (QED) is 0.162. The third kappa shape index (κ3) is 21.5. The predicted octanol–water partition coefficient (Wildman–Crippen LogP) is 5.38. The van der Waals surface area contributed by atoms with Gasteiger partial charge >= 0.3 is 5.97 Å². The number of aliphatic hydroxyl groups excluding tert-OH is 1. The van der Waals surface area contributed by atoms with E-state index in [1.807, 2.05) is 0 Å². The molecule has 0 heterocycles. The van der Waals surface area contributed by atoms with E-state index >= 15 is 0 Å². The van der Waals surface area contributed by atoms with Crippen molar-refractivity contribution in [1.82, 2.24) is 0 Å². The van der Waals surface area contributed by atoms with Gasteiger partial charge in [0.05, 0.1) is 13.2 Å². The van der Waals surface area contributed by atoms with Gasteiger partial charge in [0.1, 0.15) is 6.10 Å². The van der Waals surface area contributed by atoms with Gasteiger partial charge in [0, 0.05) is 13.5 Å². The van der Waals surface area contributed by atoms with E-state index in [2.05, 4.69) is 11.7 Å². The lowest BCUT2D eigenvalue weighted by atomic mass is 10.0. The fourth-order valence-electron chi connectivity index (χ4n) is 2.98. The van der Waals surface area contributed by atoms with Gasteiger partial charge in [-0.15, -0.1) is 0 Å². The van der Waals surface area contributed by atoms with Crippen LogP contribution in [-0.2, 0) is 19.0 Å². The smallest absolute Gasteiger partial charge is 0.304 e. The molecule has 162 valence electrons. The molecule has 1 atom stereocenters. The Kier molecular flexibility index (Phi) is 21.1. The van der Waals surface area contributed by atoms with Gasteiger partial charge in [-0.2, -0.15) is 0 Å². The topological polar surface area (TPSA) is 65.0 Å². The molecule has 0 aliphatic rings. The van der Waals surface area contributed by atoms with Gasteiger partial charge < -0.3 is 19.3 Å². The predicted molar refractivity (Wildman–Crippen MR) is 110 cm³/mol. The van der Waals surface area contributed by atoms with Crippen LogP contribution in [-0.4, -0.2) is 43.8 Å². The van der Waals surface area contributed by atoms with Crippen LogP contribution >= 0.6 is 0 Å². The highest BCUT2D eigenvalue weighted by Crippen LogP contribution is 2.13. The van der Waals surface area contributed by atoms with Gasteiger partial charge in [0.15, 0.2) is 6.79 Å². The third-order valence-corrected chi connectivity index (χ3v) is 4.72. The Morgan fingerprint density at radius 1 is 0.815 bits per heavy atom. The average molecular weight is 389 g/mol. The standard InChI is InChI=1S/C22H44O5/c1-3-4-5-6-7-8-9-10-11-12-13-14-15-16-17-25-19-22(18-23)27-20-26-21(2)24/h22-23H,3-20H2,1-2H3. The van der Waals surface area contributed by atoms with Crippen LogP contribution in [0.15, 0.2) is 0 Å². The molecule has 0 amide bonds. The summed E-state index contributed by atoms with van der Waals surface area (Å²) in [7, 11) is 0. The summed E-state index contributed by atoms with van der Waals surface area (Å²) in [5.41, 5.74) is 0. The number of carbonyl (C=O) groups excluding carboxylic acids is 1. The molecule has 0 aromatic rings. The molecule has 0 aliphatic carbocycles. The number of aliphatic hydroxyl groups is 1. The van der Waals surface area contributed by atoms with Crippen LogP contribution in [0, 0.1) is 0 Å². The Morgan fingerprint density at radius 2 is 1.30 bits per heavy atom. The van der Waals surface area contributed by atoms with E-state index in [9.17, 15) is 9.90 Å². The van der Waals surface area contributed by atoms with Crippen LogP contribution in [0.3, 0.4) is 0 Å². The van der Waals surface area contributed by atoms with Crippen LogP contribution in [0.5, 0.6) is 0 Å². The summed E-state index contributed by atoms with van der Waals surface area (Å²) < 4.78 is 15.4. The fraction of sp³-hybridized carbons (Fsp3) is 0.955. The summed E-state index contributed by atoms with van der Waals surface area (Å²) in [5, 5.41) is 9.17. The molecule has 5 nitrogen and oxygen atoms in total. The highest BCUT2D eigenvalue weighted by atomic mass is 16.7. The molecular formula is C22H44O5. The lowest BCUT2D eigenvalue weighted by molar-refractivity contribution is -0.164. The lowest BCUT2D eigenvalue weighted by Gasteiger charge is -2.15. The molecule has 0 fully saturated rings.